The van der Waals surface area contributed by atoms with E-state index >= 15 is 0 Å². The van der Waals surface area contributed by atoms with Crippen LogP contribution in [0.15, 0.2) is 18.2 Å². The quantitative estimate of drug-likeness (QED) is 0.833. The van der Waals surface area contributed by atoms with Crippen molar-refractivity contribution in [3.05, 3.63) is 34.6 Å². The molecule has 0 aromatic heterocycles. The molecular formula is C13H13ClFNOS. The lowest BCUT2D eigenvalue weighted by Crippen LogP contribution is -2.40. The molecule has 1 aromatic carbocycles. The number of likely N-dealkylation sites (tertiary alicyclic amines) is 1. The van der Waals surface area contributed by atoms with Crippen LogP contribution in [0.3, 0.4) is 0 Å². The minimum Gasteiger partial charge on any atom is -0.337 e. The highest BCUT2D eigenvalue weighted by Crippen LogP contribution is 2.37. The summed E-state index contributed by atoms with van der Waals surface area (Å²) in [6.07, 6.45) is 1.15. The Labute approximate surface area is 114 Å². The molecule has 2 unspecified atom stereocenters. The molecule has 18 heavy (non-hydrogen) atoms. The number of nitrogens with zero attached hydrogens (tertiary/aromatic N) is 1. The zero-order valence-electron chi connectivity index (χ0n) is 9.73. The highest BCUT2D eigenvalue weighted by molar-refractivity contribution is 8.00. The van der Waals surface area contributed by atoms with Crippen molar-refractivity contribution in [1.29, 1.82) is 0 Å². The average molecular weight is 286 g/mol. The van der Waals surface area contributed by atoms with Crippen LogP contribution in [-0.2, 0) is 11.2 Å². The number of fused-ring (bicyclic) bond motifs is 2. The van der Waals surface area contributed by atoms with E-state index in [1.807, 2.05) is 16.7 Å². The van der Waals surface area contributed by atoms with E-state index in [1.54, 1.807) is 12.1 Å². The molecule has 2 fully saturated rings. The van der Waals surface area contributed by atoms with Gasteiger partial charge in [0.05, 0.1) is 6.42 Å². The van der Waals surface area contributed by atoms with Crippen molar-refractivity contribution in [2.45, 2.75) is 24.1 Å². The molecule has 2 bridgehead atoms. The molecule has 1 aromatic rings. The summed E-state index contributed by atoms with van der Waals surface area (Å²) in [6.45, 7) is 0.806. The highest BCUT2D eigenvalue weighted by Gasteiger charge is 2.40. The van der Waals surface area contributed by atoms with Gasteiger partial charge in [-0.2, -0.15) is 11.8 Å². The number of carbonyl (C=O) groups is 1. The number of carbonyl (C=O) groups excluding carboxylic acids is 1. The predicted molar refractivity (Wildman–Crippen MR) is 71.5 cm³/mol. The summed E-state index contributed by atoms with van der Waals surface area (Å²) in [4.78, 5) is 14.1. The first-order valence-corrected chi connectivity index (χ1v) is 7.42. The molecule has 2 nitrogen and oxygen atoms in total. The number of rotatable bonds is 2. The second-order valence-electron chi connectivity index (χ2n) is 4.77. The maximum absolute atomic E-state index is 13.6. The molecule has 2 aliphatic heterocycles. The van der Waals surface area contributed by atoms with Gasteiger partial charge in [0.15, 0.2) is 0 Å². The summed E-state index contributed by atoms with van der Waals surface area (Å²) >= 11 is 7.88. The fourth-order valence-electron chi connectivity index (χ4n) is 2.66. The van der Waals surface area contributed by atoms with Gasteiger partial charge in [0.1, 0.15) is 5.82 Å². The van der Waals surface area contributed by atoms with Crippen molar-refractivity contribution in [3.63, 3.8) is 0 Å². The minimum atomic E-state index is -0.394. The number of hydrogen-bond acceptors (Lipinski definition) is 2. The number of benzene rings is 1. The third-order valence-electron chi connectivity index (χ3n) is 3.61. The van der Waals surface area contributed by atoms with Crippen molar-refractivity contribution < 1.29 is 9.18 Å². The molecule has 2 heterocycles. The van der Waals surface area contributed by atoms with Crippen LogP contribution in [0.1, 0.15) is 12.0 Å². The van der Waals surface area contributed by atoms with Crippen molar-refractivity contribution in [2.75, 3.05) is 12.3 Å². The van der Waals surface area contributed by atoms with Crippen LogP contribution in [-0.4, -0.2) is 34.4 Å². The largest absolute Gasteiger partial charge is 0.337 e. The number of halogens is 2. The van der Waals surface area contributed by atoms with E-state index in [-0.39, 0.29) is 12.3 Å². The van der Waals surface area contributed by atoms with Gasteiger partial charge in [0, 0.05) is 34.2 Å². The summed E-state index contributed by atoms with van der Waals surface area (Å²) < 4.78 is 13.6. The van der Waals surface area contributed by atoms with E-state index in [0.717, 1.165) is 18.7 Å². The Hall–Kier alpha value is -0.740. The summed E-state index contributed by atoms with van der Waals surface area (Å²) in [5, 5.41) is 0.914. The van der Waals surface area contributed by atoms with E-state index in [4.69, 9.17) is 11.6 Å². The van der Waals surface area contributed by atoms with E-state index in [9.17, 15) is 9.18 Å². The number of hydrogen-bond donors (Lipinski definition) is 0. The van der Waals surface area contributed by atoms with Gasteiger partial charge >= 0.3 is 0 Å². The van der Waals surface area contributed by atoms with Crippen molar-refractivity contribution in [2.24, 2.45) is 0 Å². The maximum Gasteiger partial charge on any atom is 0.227 e. The summed E-state index contributed by atoms with van der Waals surface area (Å²) in [5.41, 5.74) is 0.319. The van der Waals surface area contributed by atoms with Gasteiger partial charge in [-0.25, -0.2) is 4.39 Å². The Morgan fingerprint density at radius 2 is 2.39 bits per heavy atom. The molecule has 0 saturated carbocycles. The molecule has 0 spiro atoms. The van der Waals surface area contributed by atoms with Crippen molar-refractivity contribution in [1.82, 2.24) is 4.90 Å². The average Bonchev–Trinajstić information content (AvgIpc) is 2.96. The zero-order valence-corrected chi connectivity index (χ0v) is 11.3. The topological polar surface area (TPSA) is 20.3 Å². The van der Waals surface area contributed by atoms with Crippen molar-refractivity contribution in [3.8, 4) is 0 Å². The first-order valence-electron chi connectivity index (χ1n) is 5.99. The second kappa shape index (κ2) is 4.74. The first-order chi connectivity index (χ1) is 8.65. The first kappa shape index (κ1) is 12.3. The van der Waals surface area contributed by atoms with Gasteiger partial charge in [-0.1, -0.05) is 17.7 Å². The molecule has 1 amide bonds. The summed E-state index contributed by atoms with van der Waals surface area (Å²) in [7, 11) is 0. The Balaban J connectivity index is 1.75. The second-order valence-corrected chi connectivity index (χ2v) is 6.51. The Bertz CT molecular complexity index is 476. The Morgan fingerprint density at radius 1 is 1.56 bits per heavy atom. The normalized spacial score (nSPS) is 25.8. The molecular weight excluding hydrogens is 273 g/mol. The third-order valence-corrected chi connectivity index (χ3v) is 5.35. The molecule has 2 aliphatic rings. The van der Waals surface area contributed by atoms with Crippen LogP contribution in [0.4, 0.5) is 4.39 Å². The smallest absolute Gasteiger partial charge is 0.227 e. The van der Waals surface area contributed by atoms with Crippen LogP contribution >= 0.6 is 23.4 Å². The SMILES string of the molecule is O=C(Cc1c(F)cccc1Cl)N1CC2CC1CS2. The molecule has 2 saturated heterocycles. The number of thioether (sulfide) groups is 1. The van der Waals surface area contributed by atoms with E-state index in [0.29, 0.717) is 21.9 Å². The van der Waals surface area contributed by atoms with Gasteiger partial charge < -0.3 is 4.90 Å². The number of amides is 1. The third kappa shape index (κ3) is 2.12. The van der Waals surface area contributed by atoms with Gasteiger partial charge in [-0.3, -0.25) is 4.79 Å². The summed E-state index contributed by atoms with van der Waals surface area (Å²) in [5.74, 6) is 0.617. The minimum absolute atomic E-state index is 0.00481. The maximum atomic E-state index is 13.6. The van der Waals surface area contributed by atoms with Gasteiger partial charge in [-0.05, 0) is 18.6 Å². The monoisotopic (exact) mass is 285 g/mol. The molecule has 0 N–H and O–H groups in total. The highest BCUT2D eigenvalue weighted by atomic mass is 35.5. The van der Waals surface area contributed by atoms with E-state index in [1.165, 1.54) is 6.07 Å². The molecule has 3 rings (SSSR count). The predicted octanol–water partition coefficient (Wildman–Crippen LogP) is 2.74. The van der Waals surface area contributed by atoms with E-state index in [2.05, 4.69) is 0 Å². The van der Waals surface area contributed by atoms with Crippen LogP contribution < -0.4 is 0 Å². The lowest BCUT2D eigenvalue weighted by molar-refractivity contribution is -0.131. The van der Waals surface area contributed by atoms with Crippen LogP contribution in [0, 0.1) is 5.82 Å². The van der Waals surface area contributed by atoms with Crippen LogP contribution in [0.2, 0.25) is 5.02 Å². The molecule has 0 radical (unpaired) electrons. The molecule has 0 aliphatic carbocycles. The van der Waals surface area contributed by atoms with Gasteiger partial charge in [-0.15, -0.1) is 0 Å². The lowest BCUT2D eigenvalue weighted by atomic mass is 10.1. The molecule has 5 heteroatoms. The summed E-state index contributed by atoms with van der Waals surface area (Å²) in [6, 6.07) is 4.87. The lowest BCUT2D eigenvalue weighted by Gasteiger charge is -2.26. The van der Waals surface area contributed by atoms with Crippen molar-refractivity contribution >= 4 is 29.3 Å². The Kier molecular flexibility index (Phi) is 3.24. The Morgan fingerprint density at radius 3 is 3.00 bits per heavy atom. The fourth-order valence-corrected chi connectivity index (χ4v) is 4.32. The van der Waals surface area contributed by atoms with Crippen LogP contribution in [0.25, 0.3) is 0 Å². The molecule has 2 atom stereocenters. The van der Waals surface area contributed by atoms with Gasteiger partial charge in [0.2, 0.25) is 5.91 Å². The standard InChI is InChI=1S/C13H13ClFNOS/c14-11-2-1-3-12(15)10(11)5-13(17)16-6-9-4-8(16)7-18-9/h1-3,8-9H,4-7H2. The zero-order chi connectivity index (χ0) is 12.7. The van der Waals surface area contributed by atoms with Gasteiger partial charge in [0.25, 0.3) is 0 Å². The van der Waals surface area contributed by atoms with E-state index < -0.39 is 5.82 Å². The fraction of sp³-hybridized carbons (Fsp3) is 0.462. The van der Waals surface area contributed by atoms with Crippen LogP contribution in [0.5, 0.6) is 0 Å². The molecule has 96 valence electrons.